The lowest BCUT2D eigenvalue weighted by Gasteiger charge is -2.12. The van der Waals surface area contributed by atoms with Gasteiger partial charge in [-0.2, -0.15) is 0 Å². The van der Waals surface area contributed by atoms with Crippen molar-refractivity contribution in [3.8, 4) is 11.5 Å². The third-order valence-electron chi connectivity index (χ3n) is 4.01. The highest BCUT2D eigenvalue weighted by Gasteiger charge is 2.07. The van der Waals surface area contributed by atoms with Gasteiger partial charge in [-0.1, -0.05) is 61.3 Å². The van der Waals surface area contributed by atoms with Crippen molar-refractivity contribution in [2.45, 2.75) is 13.2 Å². The van der Waals surface area contributed by atoms with Crippen LogP contribution in [0.3, 0.4) is 0 Å². The van der Waals surface area contributed by atoms with Crippen molar-refractivity contribution < 1.29 is 24.2 Å². The van der Waals surface area contributed by atoms with Crippen LogP contribution in [-0.4, -0.2) is 23.9 Å². The summed E-state index contributed by atoms with van der Waals surface area (Å²) in [5, 5.41) is 12.4. The van der Waals surface area contributed by atoms with Crippen LogP contribution in [0.2, 0.25) is 0 Å². The first kappa shape index (κ1) is 22.8. The van der Waals surface area contributed by atoms with Gasteiger partial charge in [0, 0.05) is 14.5 Å². The lowest BCUT2D eigenvalue weighted by Crippen LogP contribution is -2.04. The Balaban J connectivity index is 1.73. The second kappa shape index (κ2) is 11.5. The van der Waals surface area contributed by atoms with Gasteiger partial charge in [0.05, 0.1) is 6.21 Å². The van der Waals surface area contributed by atoms with E-state index in [4.69, 9.17) is 19.4 Å². The first-order chi connectivity index (χ1) is 15.0. The van der Waals surface area contributed by atoms with Gasteiger partial charge in [-0.15, -0.1) is 0 Å². The SMILES string of the molecule is O=C(O)CO/N=C/c1cc(OCc2cccc(Br)c2)ccc1OCc1cccc(Br)c1. The molecule has 1 N–H and O–H groups in total. The summed E-state index contributed by atoms with van der Waals surface area (Å²) < 4.78 is 13.8. The van der Waals surface area contributed by atoms with Crippen LogP contribution in [0, 0.1) is 0 Å². The van der Waals surface area contributed by atoms with Gasteiger partial charge in [-0.05, 0) is 53.6 Å². The van der Waals surface area contributed by atoms with Crippen molar-refractivity contribution in [3.63, 3.8) is 0 Å². The van der Waals surface area contributed by atoms with Crippen LogP contribution in [0.5, 0.6) is 11.5 Å². The Bertz CT molecular complexity index is 1070. The molecular formula is C23H19Br2NO5. The third-order valence-corrected chi connectivity index (χ3v) is 5.00. The zero-order valence-corrected chi connectivity index (χ0v) is 19.5. The standard InChI is InChI=1S/C23H19Br2NO5/c24-19-5-1-3-16(9-19)13-29-21-7-8-22(18(11-21)12-26-31-15-23(27)28)30-14-17-4-2-6-20(25)10-17/h1-12H,13-15H2,(H,27,28)/b26-12+. The molecule has 0 aliphatic rings. The smallest absolute Gasteiger partial charge is 0.344 e. The van der Waals surface area contributed by atoms with Gasteiger partial charge in [0.2, 0.25) is 6.61 Å². The molecule has 160 valence electrons. The summed E-state index contributed by atoms with van der Waals surface area (Å²) in [6.07, 6.45) is 1.41. The quantitative estimate of drug-likeness (QED) is 0.256. The number of hydrogen-bond acceptors (Lipinski definition) is 5. The number of carboxylic acid groups (broad SMARTS) is 1. The largest absolute Gasteiger partial charge is 0.489 e. The van der Waals surface area contributed by atoms with Gasteiger partial charge in [0.1, 0.15) is 24.7 Å². The van der Waals surface area contributed by atoms with Gasteiger partial charge >= 0.3 is 5.97 Å². The lowest BCUT2D eigenvalue weighted by molar-refractivity contribution is -0.142. The molecule has 0 heterocycles. The number of nitrogens with zero attached hydrogens (tertiary/aromatic N) is 1. The van der Waals surface area contributed by atoms with Gasteiger partial charge in [-0.3, -0.25) is 0 Å². The minimum absolute atomic E-state index is 0.356. The summed E-state index contributed by atoms with van der Waals surface area (Å²) in [5.74, 6) is 0.0845. The summed E-state index contributed by atoms with van der Waals surface area (Å²) in [7, 11) is 0. The number of benzene rings is 3. The van der Waals surface area contributed by atoms with E-state index in [1.165, 1.54) is 6.21 Å². The van der Waals surface area contributed by atoms with E-state index in [2.05, 4.69) is 37.0 Å². The fourth-order valence-electron chi connectivity index (χ4n) is 2.62. The van der Waals surface area contributed by atoms with Crippen LogP contribution in [0.15, 0.2) is 80.8 Å². The Hall–Kier alpha value is -2.84. The van der Waals surface area contributed by atoms with Crippen molar-refractivity contribution in [2.24, 2.45) is 5.16 Å². The molecule has 3 rings (SSSR count). The van der Waals surface area contributed by atoms with Crippen molar-refractivity contribution in [2.75, 3.05) is 6.61 Å². The Morgan fingerprint density at radius 2 is 1.55 bits per heavy atom. The molecule has 0 atom stereocenters. The average molecular weight is 549 g/mol. The molecule has 0 fully saturated rings. The first-order valence-electron chi connectivity index (χ1n) is 9.25. The van der Waals surface area contributed by atoms with Crippen molar-refractivity contribution in [1.29, 1.82) is 0 Å². The number of halogens is 2. The second-order valence-corrected chi connectivity index (χ2v) is 8.27. The van der Waals surface area contributed by atoms with E-state index in [1.54, 1.807) is 12.1 Å². The van der Waals surface area contributed by atoms with Crippen molar-refractivity contribution >= 4 is 44.0 Å². The summed E-state index contributed by atoms with van der Waals surface area (Å²) in [6.45, 7) is 0.224. The zero-order chi connectivity index (χ0) is 22.1. The average Bonchev–Trinajstić information content (AvgIpc) is 2.74. The van der Waals surface area contributed by atoms with Gasteiger partial charge in [0.25, 0.3) is 0 Å². The Labute approximate surface area is 196 Å². The summed E-state index contributed by atoms with van der Waals surface area (Å²) in [5.41, 5.74) is 2.62. The van der Waals surface area contributed by atoms with Crippen LogP contribution < -0.4 is 9.47 Å². The number of rotatable bonds is 10. The molecule has 0 aliphatic heterocycles. The van der Waals surface area contributed by atoms with Crippen LogP contribution in [-0.2, 0) is 22.8 Å². The van der Waals surface area contributed by atoms with E-state index < -0.39 is 12.6 Å². The predicted molar refractivity (Wildman–Crippen MR) is 125 cm³/mol. The van der Waals surface area contributed by atoms with Gasteiger partial charge in [-0.25, -0.2) is 4.79 Å². The van der Waals surface area contributed by atoms with Gasteiger partial charge in [0.15, 0.2) is 0 Å². The maximum atomic E-state index is 10.6. The molecule has 3 aromatic carbocycles. The summed E-state index contributed by atoms with van der Waals surface area (Å²) >= 11 is 6.89. The Morgan fingerprint density at radius 3 is 2.16 bits per heavy atom. The summed E-state index contributed by atoms with van der Waals surface area (Å²) in [4.78, 5) is 15.4. The molecule has 0 aliphatic carbocycles. The van der Waals surface area contributed by atoms with Crippen LogP contribution in [0.25, 0.3) is 0 Å². The highest BCUT2D eigenvalue weighted by molar-refractivity contribution is 9.10. The van der Waals surface area contributed by atoms with Gasteiger partial charge < -0.3 is 19.4 Å². The number of oxime groups is 1. The fraction of sp³-hybridized carbons (Fsp3) is 0.130. The van der Waals surface area contributed by atoms with Crippen molar-refractivity contribution in [1.82, 2.24) is 0 Å². The topological polar surface area (TPSA) is 77.4 Å². The molecule has 0 radical (unpaired) electrons. The number of carboxylic acids is 1. The number of aliphatic carboxylic acids is 1. The maximum absolute atomic E-state index is 10.6. The molecule has 0 unspecified atom stereocenters. The predicted octanol–water partition coefficient (Wildman–Crippen LogP) is 5.80. The number of carbonyl (C=O) groups is 1. The molecule has 0 amide bonds. The molecule has 0 aromatic heterocycles. The minimum atomic E-state index is -1.10. The second-order valence-electron chi connectivity index (χ2n) is 6.44. The zero-order valence-electron chi connectivity index (χ0n) is 16.3. The molecule has 0 bridgehead atoms. The third kappa shape index (κ3) is 7.73. The highest BCUT2D eigenvalue weighted by Crippen LogP contribution is 2.25. The Morgan fingerprint density at radius 1 is 0.903 bits per heavy atom. The van der Waals surface area contributed by atoms with E-state index in [1.807, 2.05) is 54.6 Å². The highest BCUT2D eigenvalue weighted by atomic mass is 79.9. The van der Waals surface area contributed by atoms with E-state index in [-0.39, 0.29) is 0 Å². The molecule has 0 spiro atoms. The van der Waals surface area contributed by atoms with Crippen LogP contribution >= 0.6 is 31.9 Å². The molecule has 0 saturated carbocycles. The van der Waals surface area contributed by atoms with Crippen LogP contribution in [0.1, 0.15) is 16.7 Å². The monoisotopic (exact) mass is 547 g/mol. The number of ether oxygens (including phenoxy) is 2. The number of hydrogen-bond donors (Lipinski definition) is 1. The maximum Gasteiger partial charge on any atom is 0.344 e. The lowest BCUT2D eigenvalue weighted by atomic mass is 10.2. The first-order valence-corrected chi connectivity index (χ1v) is 10.8. The molecule has 0 saturated heterocycles. The molecular weight excluding hydrogens is 530 g/mol. The summed E-state index contributed by atoms with van der Waals surface area (Å²) in [6, 6.07) is 21.0. The molecule has 3 aromatic rings. The van der Waals surface area contributed by atoms with Crippen LogP contribution in [0.4, 0.5) is 0 Å². The fourth-order valence-corrected chi connectivity index (χ4v) is 3.51. The van der Waals surface area contributed by atoms with Crippen molar-refractivity contribution in [3.05, 3.63) is 92.4 Å². The van der Waals surface area contributed by atoms with E-state index in [0.717, 1.165) is 20.1 Å². The normalized spacial score (nSPS) is 10.8. The van der Waals surface area contributed by atoms with E-state index in [0.29, 0.717) is 30.3 Å². The molecule has 31 heavy (non-hydrogen) atoms. The minimum Gasteiger partial charge on any atom is -0.489 e. The Kier molecular flexibility index (Phi) is 8.49. The molecule has 6 nitrogen and oxygen atoms in total. The van der Waals surface area contributed by atoms with E-state index >= 15 is 0 Å². The molecule has 8 heteroatoms. The van der Waals surface area contributed by atoms with E-state index in [9.17, 15) is 4.79 Å².